The van der Waals surface area contributed by atoms with Crippen LogP contribution in [0.25, 0.3) is 0 Å². The molecule has 1 aromatic carbocycles. The van der Waals surface area contributed by atoms with Gasteiger partial charge in [0.05, 0.1) is 6.61 Å². The van der Waals surface area contributed by atoms with E-state index < -0.39 is 6.10 Å². The molecular formula is C13H19NO3. The van der Waals surface area contributed by atoms with E-state index in [1.807, 2.05) is 18.2 Å². The number of hydrogen-bond donors (Lipinski definition) is 3. The lowest BCUT2D eigenvalue weighted by atomic mass is 9.88. The van der Waals surface area contributed by atoms with Crippen molar-refractivity contribution in [2.45, 2.75) is 31.4 Å². The van der Waals surface area contributed by atoms with Crippen molar-refractivity contribution in [3.8, 4) is 5.75 Å². The molecule has 2 rings (SSSR count). The smallest absolute Gasteiger partial charge is 0.119 e. The topological polar surface area (TPSA) is 75.7 Å². The van der Waals surface area contributed by atoms with Gasteiger partial charge < -0.3 is 20.7 Å². The van der Waals surface area contributed by atoms with E-state index in [1.165, 1.54) is 11.1 Å². The van der Waals surface area contributed by atoms with E-state index in [4.69, 9.17) is 15.6 Å². The largest absolute Gasteiger partial charge is 0.491 e. The number of rotatable bonds is 4. The Balaban J connectivity index is 2.05. The molecule has 1 aliphatic carbocycles. The quantitative estimate of drug-likeness (QED) is 0.722. The van der Waals surface area contributed by atoms with Crippen LogP contribution in [0.1, 0.15) is 30.0 Å². The summed E-state index contributed by atoms with van der Waals surface area (Å²) in [5.74, 6) is 0.727. The van der Waals surface area contributed by atoms with E-state index in [9.17, 15) is 5.11 Å². The first-order chi connectivity index (χ1) is 8.20. The molecule has 0 aromatic heterocycles. The van der Waals surface area contributed by atoms with Gasteiger partial charge in [0.25, 0.3) is 0 Å². The Hall–Kier alpha value is -1.10. The van der Waals surface area contributed by atoms with E-state index in [0.29, 0.717) is 0 Å². The van der Waals surface area contributed by atoms with Gasteiger partial charge in [-0.15, -0.1) is 0 Å². The standard InChI is InChI=1S/C13H19NO3/c14-13-3-1-2-9-6-11(4-5-12(9)13)17-8-10(16)7-15/h4-6,10,13,15-16H,1-3,7-8,14H2. The van der Waals surface area contributed by atoms with Crippen molar-refractivity contribution in [1.82, 2.24) is 0 Å². The van der Waals surface area contributed by atoms with Gasteiger partial charge in [-0.2, -0.15) is 0 Å². The first-order valence-corrected chi connectivity index (χ1v) is 6.01. The van der Waals surface area contributed by atoms with Crippen LogP contribution in [0, 0.1) is 0 Å². The number of aliphatic hydroxyl groups is 2. The molecule has 4 N–H and O–H groups in total. The number of aliphatic hydroxyl groups excluding tert-OH is 2. The molecule has 0 saturated heterocycles. The first kappa shape index (κ1) is 12.4. The molecule has 94 valence electrons. The molecule has 0 spiro atoms. The number of benzene rings is 1. The van der Waals surface area contributed by atoms with Crippen LogP contribution in [0.4, 0.5) is 0 Å². The maximum Gasteiger partial charge on any atom is 0.119 e. The second kappa shape index (κ2) is 5.49. The van der Waals surface area contributed by atoms with Crippen molar-refractivity contribution in [2.75, 3.05) is 13.2 Å². The fraction of sp³-hybridized carbons (Fsp3) is 0.538. The molecule has 0 fully saturated rings. The molecule has 4 heteroatoms. The average molecular weight is 237 g/mol. The van der Waals surface area contributed by atoms with Crippen molar-refractivity contribution in [1.29, 1.82) is 0 Å². The highest BCUT2D eigenvalue weighted by atomic mass is 16.5. The molecule has 0 heterocycles. The molecule has 0 radical (unpaired) electrons. The second-order valence-corrected chi connectivity index (χ2v) is 4.51. The molecule has 1 aliphatic rings. The maximum atomic E-state index is 9.20. The third-order valence-electron chi connectivity index (χ3n) is 3.13. The van der Waals surface area contributed by atoms with Crippen LogP contribution in [0.3, 0.4) is 0 Å². The molecule has 0 saturated carbocycles. The Morgan fingerprint density at radius 2 is 2.29 bits per heavy atom. The van der Waals surface area contributed by atoms with Crippen LogP contribution < -0.4 is 10.5 Å². The molecule has 0 bridgehead atoms. The van der Waals surface area contributed by atoms with Crippen molar-refractivity contribution in [3.63, 3.8) is 0 Å². The molecule has 4 nitrogen and oxygen atoms in total. The fourth-order valence-electron chi connectivity index (χ4n) is 2.16. The van der Waals surface area contributed by atoms with E-state index in [-0.39, 0.29) is 19.3 Å². The van der Waals surface area contributed by atoms with Crippen molar-refractivity contribution >= 4 is 0 Å². The Morgan fingerprint density at radius 3 is 3.06 bits per heavy atom. The molecule has 17 heavy (non-hydrogen) atoms. The maximum absolute atomic E-state index is 9.20. The lowest BCUT2D eigenvalue weighted by molar-refractivity contribution is 0.0536. The zero-order valence-corrected chi connectivity index (χ0v) is 9.80. The highest BCUT2D eigenvalue weighted by Crippen LogP contribution is 2.30. The van der Waals surface area contributed by atoms with Gasteiger partial charge in [0.2, 0.25) is 0 Å². The van der Waals surface area contributed by atoms with Gasteiger partial charge in [-0.3, -0.25) is 0 Å². The minimum Gasteiger partial charge on any atom is -0.491 e. The predicted molar refractivity (Wildman–Crippen MR) is 64.9 cm³/mol. The van der Waals surface area contributed by atoms with Gasteiger partial charge in [0, 0.05) is 6.04 Å². The molecule has 2 atom stereocenters. The fourth-order valence-corrected chi connectivity index (χ4v) is 2.16. The van der Waals surface area contributed by atoms with Crippen LogP contribution in [0.15, 0.2) is 18.2 Å². The van der Waals surface area contributed by atoms with Gasteiger partial charge in [-0.25, -0.2) is 0 Å². The number of fused-ring (bicyclic) bond motifs is 1. The van der Waals surface area contributed by atoms with Crippen molar-refractivity contribution in [2.24, 2.45) is 5.73 Å². The third kappa shape index (κ3) is 2.97. The third-order valence-corrected chi connectivity index (χ3v) is 3.13. The SMILES string of the molecule is NC1CCCc2cc(OCC(O)CO)ccc21. The molecule has 2 unspecified atom stereocenters. The van der Waals surface area contributed by atoms with Crippen LogP contribution in [0.2, 0.25) is 0 Å². The van der Waals surface area contributed by atoms with E-state index in [1.54, 1.807) is 0 Å². The molecule has 0 aliphatic heterocycles. The summed E-state index contributed by atoms with van der Waals surface area (Å²) < 4.78 is 5.41. The summed E-state index contributed by atoms with van der Waals surface area (Å²) in [5, 5.41) is 17.9. The van der Waals surface area contributed by atoms with Crippen LogP contribution in [-0.4, -0.2) is 29.5 Å². The Kier molecular flexibility index (Phi) is 3.99. The summed E-state index contributed by atoms with van der Waals surface area (Å²) in [4.78, 5) is 0. The highest BCUT2D eigenvalue weighted by molar-refractivity contribution is 5.38. The van der Waals surface area contributed by atoms with Gasteiger partial charge in [0.15, 0.2) is 0 Å². The monoisotopic (exact) mass is 237 g/mol. The van der Waals surface area contributed by atoms with Gasteiger partial charge in [0.1, 0.15) is 18.5 Å². The minimum absolute atomic E-state index is 0.112. The summed E-state index contributed by atoms with van der Waals surface area (Å²) in [6, 6.07) is 5.99. The van der Waals surface area contributed by atoms with Crippen LogP contribution in [-0.2, 0) is 6.42 Å². The number of nitrogens with two attached hydrogens (primary N) is 1. The molecular weight excluding hydrogens is 218 g/mol. The Labute approximate surface area is 101 Å². The Bertz CT molecular complexity index is 381. The van der Waals surface area contributed by atoms with Crippen LogP contribution in [0.5, 0.6) is 5.75 Å². The lowest BCUT2D eigenvalue weighted by Gasteiger charge is -2.22. The van der Waals surface area contributed by atoms with Gasteiger partial charge >= 0.3 is 0 Å². The normalized spacial score (nSPS) is 20.8. The number of hydrogen-bond acceptors (Lipinski definition) is 4. The zero-order valence-electron chi connectivity index (χ0n) is 9.80. The summed E-state index contributed by atoms with van der Waals surface area (Å²) in [6.07, 6.45) is 2.35. The van der Waals surface area contributed by atoms with Crippen molar-refractivity contribution in [3.05, 3.63) is 29.3 Å². The molecule has 0 amide bonds. The zero-order chi connectivity index (χ0) is 12.3. The summed E-state index contributed by atoms with van der Waals surface area (Å²) in [7, 11) is 0. The van der Waals surface area contributed by atoms with E-state index in [0.717, 1.165) is 25.0 Å². The van der Waals surface area contributed by atoms with Crippen LogP contribution >= 0.6 is 0 Å². The number of aryl methyl sites for hydroxylation is 1. The first-order valence-electron chi connectivity index (χ1n) is 6.01. The number of ether oxygens (including phenoxy) is 1. The lowest BCUT2D eigenvalue weighted by Crippen LogP contribution is -2.21. The second-order valence-electron chi connectivity index (χ2n) is 4.51. The van der Waals surface area contributed by atoms with Crippen molar-refractivity contribution < 1.29 is 14.9 Å². The van der Waals surface area contributed by atoms with Gasteiger partial charge in [-0.05, 0) is 42.5 Å². The van der Waals surface area contributed by atoms with E-state index in [2.05, 4.69) is 0 Å². The molecule has 1 aromatic rings. The average Bonchev–Trinajstić information content (AvgIpc) is 2.36. The van der Waals surface area contributed by atoms with Gasteiger partial charge in [-0.1, -0.05) is 6.07 Å². The summed E-state index contributed by atoms with van der Waals surface area (Å²) in [6.45, 7) is -0.169. The predicted octanol–water partition coefficient (Wildman–Crippen LogP) is 0.755. The highest BCUT2D eigenvalue weighted by Gasteiger charge is 2.17. The Morgan fingerprint density at radius 1 is 1.47 bits per heavy atom. The summed E-state index contributed by atoms with van der Waals surface area (Å²) in [5.41, 5.74) is 8.46. The van der Waals surface area contributed by atoms with E-state index >= 15 is 0 Å². The summed E-state index contributed by atoms with van der Waals surface area (Å²) >= 11 is 0. The minimum atomic E-state index is -0.826.